The van der Waals surface area contributed by atoms with Crippen molar-refractivity contribution >= 4 is 11.7 Å². The van der Waals surface area contributed by atoms with Gasteiger partial charge in [-0.25, -0.2) is 0 Å². The molecule has 5 nitrogen and oxygen atoms in total. The van der Waals surface area contributed by atoms with Crippen LogP contribution in [0.15, 0.2) is 12.1 Å². The number of anilines is 1. The minimum Gasteiger partial charge on any atom is -0.495 e. The van der Waals surface area contributed by atoms with Crippen molar-refractivity contribution in [1.29, 1.82) is 0 Å². The van der Waals surface area contributed by atoms with E-state index in [1.165, 1.54) is 0 Å². The third kappa shape index (κ3) is 3.92. The second-order valence-corrected chi connectivity index (χ2v) is 4.27. The molecule has 0 spiro atoms. The number of aliphatic hydroxyl groups is 1. The van der Waals surface area contributed by atoms with Crippen LogP contribution in [0.5, 0.6) is 5.75 Å². The Balaban J connectivity index is 2.72. The number of nitrogens with one attached hydrogen (secondary N) is 1. The Hall–Kier alpha value is -1.75. The van der Waals surface area contributed by atoms with Crippen molar-refractivity contribution in [2.45, 2.75) is 26.4 Å². The minimum absolute atomic E-state index is 0.172. The molecule has 0 heterocycles. The second kappa shape index (κ2) is 6.26. The van der Waals surface area contributed by atoms with Crippen LogP contribution in [-0.2, 0) is 4.79 Å². The maximum absolute atomic E-state index is 10.4. The topological polar surface area (TPSA) is 78.8 Å². The number of aryl methyl sites for hydroxylation is 2. The molecule has 1 atom stereocenters. The molecule has 0 amide bonds. The number of aliphatic hydroxyl groups excluding tert-OH is 1. The Morgan fingerprint density at radius 3 is 2.56 bits per heavy atom. The molecule has 100 valence electrons. The van der Waals surface area contributed by atoms with Gasteiger partial charge in [0.25, 0.3) is 0 Å². The van der Waals surface area contributed by atoms with E-state index in [0.29, 0.717) is 5.75 Å². The lowest BCUT2D eigenvalue weighted by molar-refractivity contribution is -0.138. The van der Waals surface area contributed by atoms with E-state index >= 15 is 0 Å². The fourth-order valence-corrected chi connectivity index (χ4v) is 1.60. The first kappa shape index (κ1) is 14.3. The quantitative estimate of drug-likeness (QED) is 0.717. The summed E-state index contributed by atoms with van der Waals surface area (Å²) in [6, 6.07) is 3.82. The number of rotatable bonds is 6. The molecule has 5 heteroatoms. The van der Waals surface area contributed by atoms with Crippen molar-refractivity contribution in [1.82, 2.24) is 0 Å². The first-order valence-corrected chi connectivity index (χ1v) is 5.73. The van der Waals surface area contributed by atoms with Gasteiger partial charge in [0, 0.05) is 6.54 Å². The lowest BCUT2D eigenvalue weighted by Gasteiger charge is -2.15. The van der Waals surface area contributed by atoms with Gasteiger partial charge in [0.15, 0.2) is 0 Å². The summed E-state index contributed by atoms with van der Waals surface area (Å²) in [7, 11) is 1.57. The van der Waals surface area contributed by atoms with E-state index in [-0.39, 0.29) is 13.0 Å². The van der Waals surface area contributed by atoms with Gasteiger partial charge in [-0.05, 0) is 37.1 Å². The summed E-state index contributed by atoms with van der Waals surface area (Å²) in [5.41, 5.74) is 2.97. The predicted molar refractivity (Wildman–Crippen MR) is 69.2 cm³/mol. The van der Waals surface area contributed by atoms with Crippen molar-refractivity contribution in [2.24, 2.45) is 0 Å². The lowest BCUT2D eigenvalue weighted by Crippen LogP contribution is -2.22. The predicted octanol–water partition coefficient (Wildman–Crippen LogP) is 1.56. The summed E-state index contributed by atoms with van der Waals surface area (Å²) in [6.07, 6.45) is -1.20. The molecule has 0 aliphatic carbocycles. The number of carboxylic acids is 1. The Labute approximate surface area is 106 Å². The van der Waals surface area contributed by atoms with Crippen molar-refractivity contribution in [3.05, 3.63) is 23.3 Å². The molecule has 1 unspecified atom stereocenters. The van der Waals surface area contributed by atoms with Crippen LogP contribution in [0.4, 0.5) is 5.69 Å². The summed E-state index contributed by atoms with van der Waals surface area (Å²) < 4.78 is 5.23. The zero-order chi connectivity index (χ0) is 13.7. The van der Waals surface area contributed by atoms with E-state index in [2.05, 4.69) is 5.32 Å². The molecule has 1 aromatic rings. The van der Waals surface area contributed by atoms with Gasteiger partial charge in [0.1, 0.15) is 5.75 Å². The molecule has 0 fully saturated rings. The van der Waals surface area contributed by atoms with E-state index in [0.717, 1.165) is 16.8 Å². The number of carbonyl (C=O) groups is 1. The van der Waals surface area contributed by atoms with Gasteiger partial charge in [-0.2, -0.15) is 0 Å². The number of carboxylic acid groups (broad SMARTS) is 1. The Bertz CT molecular complexity index is 431. The smallest absolute Gasteiger partial charge is 0.306 e. The van der Waals surface area contributed by atoms with Gasteiger partial charge >= 0.3 is 5.97 Å². The van der Waals surface area contributed by atoms with Crippen LogP contribution in [0.1, 0.15) is 17.5 Å². The Kier molecular flexibility index (Phi) is 4.97. The summed E-state index contributed by atoms with van der Waals surface area (Å²) in [6.45, 7) is 4.14. The van der Waals surface area contributed by atoms with E-state index in [1.54, 1.807) is 7.11 Å². The normalized spacial score (nSPS) is 12.0. The summed E-state index contributed by atoms with van der Waals surface area (Å²) in [5, 5.41) is 21.0. The molecule has 0 aromatic heterocycles. The highest BCUT2D eigenvalue weighted by atomic mass is 16.5. The zero-order valence-corrected chi connectivity index (χ0v) is 10.9. The summed E-state index contributed by atoms with van der Waals surface area (Å²) in [4.78, 5) is 10.4. The Morgan fingerprint density at radius 1 is 1.39 bits per heavy atom. The maximum Gasteiger partial charge on any atom is 0.306 e. The SMILES string of the molecule is COc1cc(C)c(C)cc1NCC(O)CC(=O)O. The molecule has 0 aliphatic rings. The lowest BCUT2D eigenvalue weighted by atomic mass is 10.1. The highest BCUT2D eigenvalue weighted by molar-refractivity contribution is 5.67. The number of benzene rings is 1. The molecule has 0 aliphatic heterocycles. The van der Waals surface area contributed by atoms with E-state index in [9.17, 15) is 9.90 Å². The second-order valence-electron chi connectivity index (χ2n) is 4.27. The monoisotopic (exact) mass is 253 g/mol. The van der Waals surface area contributed by atoms with Gasteiger partial charge < -0.3 is 20.3 Å². The van der Waals surface area contributed by atoms with Crippen LogP contribution < -0.4 is 10.1 Å². The molecule has 1 aromatic carbocycles. The van der Waals surface area contributed by atoms with Crippen molar-refractivity contribution in [3.8, 4) is 5.75 Å². The van der Waals surface area contributed by atoms with Crippen molar-refractivity contribution in [2.75, 3.05) is 19.0 Å². The zero-order valence-electron chi connectivity index (χ0n) is 10.9. The molecule has 0 saturated heterocycles. The van der Waals surface area contributed by atoms with Gasteiger partial charge in [0.2, 0.25) is 0 Å². The third-order valence-electron chi connectivity index (χ3n) is 2.75. The average Bonchev–Trinajstić information content (AvgIpc) is 2.29. The van der Waals surface area contributed by atoms with Crippen LogP contribution in [0.3, 0.4) is 0 Å². The molecular weight excluding hydrogens is 234 g/mol. The maximum atomic E-state index is 10.4. The fourth-order valence-electron chi connectivity index (χ4n) is 1.60. The van der Waals surface area contributed by atoms with Gasteiger partial charge in [0.05, 0.1) is 25.3 Å². The number of aliphatic carboxylic acids is 1. The minimum atomic E-state index is -1.02. The number of hydrogen-bond donors (Lipinski definition) is 3. The van der Waals surface area contributed by atoms with E-state index in [4.69, 9.17) is 9.84 Å². The molecule has 0 bridgehead atoms. The van der Waals surface area contributed by atoms with E-state index in [1.807, 2.05) is 26.0 Å². The molecule has 0 radical (unpaired) electrons. The summed E-state index contributed by atoms with van der Waals surface area (Å²) in [5.74, 6) is -0.336. The first-order chi connectivity index (χ1) is 8.43. The third-order valence-corrected chi connectivity index (χ3v) is 2.75. The molecule has 3 N–H and O–H groups in total. The number of ether oxygens (including phenoxy) is 1. The van der Waals surface area contributed by atoms with Gasteiger partial charge in [-0.3, -0.25) is 4.79 Å². The number of methoxy groups -OCH3 is 1. The molecule has 0 saturated carbocycles. The van der Waals surface area contributed by atoms with Crippen LogP contribution in [-0.4, -0.2) is 35.9 Å². The van der Waals surface area contributed by atoms with Crippen molar-refractivity contribution < 1.29 is 19.7 Å². The molecule has 1 rings (SSSR count). The first-order valence-electron chi connectivity index (χ1n) is 5.73. The van der Waals surface area contributed by atoms with Crippen LogP contribution >= 0.6 is 0 Å². The molecule has 18 heavy (non-hydrogen) atoms. The average molecular weight is 253 g/mol. The highest BCUT2D eigenvalue weighted by Gasteiger charge is 2.11. The Morgan fingerprint density at radius 2 is 2.00 bits per heavy atom. The summed E-state index contributed by atoms with van der Waals surface area (Å²) >= 11 is 0. The largest absolute Gasteiger partial charge is 0.495 e. The highest BCUT2D eigenvalue weighted by Crippen LogP contribution is 2.27. The molecular formula is C13H19NO4. The van der Waals surface area contributed by atoms with Crippen LogP contribution in [0.2, 0.25) is 0 Å². The van der Waals surface area contributed by atoms with Gasteiger partial charge in [-0.1, -0.05) is 0 Å². The number of hydrogen-bond acceptors (Lipinski definition) is 4. The van der Waals surface area contributed by atoms with E-state index < -0.39 is 12.1 Å². The fraction of sp³-hybridized carbons (Fsp3) is 0.462. The standard InChI is InChI=1S/C13H19NO4/c1-8-4-11(12(18-3)5-9(8)2)14-7-10(15)6-13(16)17/h4-5,10,14-15H,6-7H2,1-3H3,(H,16,17). The van der Waals surface area contributed by atoms with Crippen LogP contribution in [0, 0.1) is 13.8 Å². The van der Waals surface area contributed by atoms with Crippen LogP contribution in [0.25, 0.3) is 0 Å². The van der Waals surface area contributed by atoms with Gasteiger partial charge in [-0.15, -0.1) is 0 Å². The van der Waals surface area contributed by atoms with Crippen molar-refractivity contribution in [3.63, 3.8) is 0 Å².